The van der Waals surface area contributed by atoms with Crippen molar-refractivity contribution in [3.05, 3.63) is 33.8 Å². The van der Waals surface area contributed by atoms with Crippen LogP contribution in [0.5, 0.6) is 0 Å². The van der Waals surface area contributed by atoms with Crippen LogP contribution in [0, 0.1) is 0 Å². The molecule has 0 unspecified atom stereocenters. The van der Waals surface area contributed by atoms with Crippen LogP contribution in [-0.2, 0) is 19.1 Å². The number of amides is 2. The minimum absolute atomic E-state index is 0.238. The zero-order chi connectivity index (χ0) is 18.4. The summed E-state index contributed by atoms with van der Waals surface area (Å²) in [5.74, 6) is -1.49. The van der Waals surface area contributed by atoms with Crippen molar-refractivity contribution < 1.29 is 23.9 Å². The molecule has 1 aromatic rings. The van der Waals surface area contributed by atoms with E-state index in [0.717, 1.165) is 0 Å². The third-order valence-electron chi connectivity index (χ3n) is 3.55. The average Bonchev–Trinajstić information content (AvgIpc) is 2.62. The topological polar surface area (TPSA) is 84.9 Å². The molecule has 1 aliphatic heterocycles. The summed E-state index contributed by atoms with van der Waals surface area (Å²) in [5.41, 5.74) is 0.264. The summed E-state index contributed by atoms with van der Waals surface area (Å²) < 4.78 is 10.2. The third kappa shape index (κ3) is 5.59. The van der Waals surface area contributed by atoms with E-state index in [1.165, 1.54) is 25.1 Å². The van der Waals surface area contributed by atoms with Crippen molar-refractivity contribution >= 4 is 41.0 Å². The monoisotopic (exact) mass is 388 g/mol. The Morgan fingerprint density at radius 1 is 1.24 bits per heavy atom. The molecule has 0 radical (unpaired) electrons. The summed E-state index contributed by atoms with van der Waals surface area (Å²) in [5, 5.41) is 2.97. The molecular formula is C16H18Cl2N2O5. The number of morpholine rings is 1. The van der Waals surface area contributed by atoms with Gasteiger partial charge in [0.05, 0.1) is 23.3 Å². The quantitative estimate of drug-likeness (QED) is 0.772. The van der Waals surface area contributed by atoms with Gasteiger partial charge < -0.3 is 19.7 Å². The molecule has 25 heavy (non-hydrogen) atoms. The van der Waals surface area contributed by atoms with Crippen LogP contribution in [0.3, 0.4) is 0 Å². The fraction of sp³-hybridized carbons (Fsp3) is 0.438. The van der Waals surface area contributed by atoms with E-state index in [9.17, 15) is 14.4 Å². The van der Waals surface area contributed by atoms with Crippen molar-refractivity contribution in [3.8, 4) is 0 Å². The van der Waals surface area contributed by atoms with Crippen LogP contribution < -0.4 is 5.32 Å². The summed E-state index contributed by atoms with van der Waals surface area (Å²) in [4.78, 5) is 37.5. The van der Waals surface area contributed by atoms with Crippen LogP contribution >= 0.6 is 23.2 Å². The number of hydrogen-bond donors (Lipinski definition) is 1. The van der Waals surface area contributed by atoms with Crippen molar-refractivity contribution in [1.82, 2.24) is 10.2 Å². The van der Waals surface area contributed by atoms with Crippen molar-refractivity contribution in [2.45, 2.75) is 13.0 Å². The standard InChI is InChI=1S/C16H18Cl2N2O5/c1-10(16(23)20-4-6-24-7-5-20)25-14(21)9-19-15(22)11-2-3-12(17)13(18)8-11/h2-3,8,10H,4-7,9H2,1H3,(H,19,22)/t10-/m1/s1. The number of esters is 1. The molecule has 2 amide bonds. The van der Waals surface area contributed by atoms with Gasteiger partial charge in [-0.25, -0.2) is 0 Å². The Hall–Kier alpha value is -1.83. The normalized spacial score (nSPS) is 15.4. The van der Waals surface area contributed by atoms with Crippen molar-refractivity contribution in [1.29, 1.82) is 0 Å². The van der Waals surface area contributed by atoms with E-state index in [0.29, 0.717) is 31.3 Å². The molecule has 0 saturated carbocycles. The maximum Gasteiger partial charge on any atom is 0.326 e. The molecule has 0 aliphatic carbocycles. The molecule has 1 aliphatic rings. The van der Waals surface area contributed by atoms with Crippen LogP contribution in [0.4, 0.5) is 0 Å². The molecule has 136 valence electrons. The van der Waals surface area contributed by atoms with Crippen LogP contribution in [-0.4, -0.2) is 61.6 Å². The lowest BCUT2D eigenvalue weighted by atomic mass is 10.2. The minimum Gasteiger partial charge on any atom is -0.451 e. The molecule has 1 aromatic carbocycles. The van der Waals surface area contributed by atoms with Crippen molar-refractivity contribution in [2.75, 3.05) is 32.8 Å². The average molecular weight is 389 g/mol. The van der Waals surface area contributed by atoms with Gasteiger partial charge in [0.15, 0.2) is 6.10 Å². The first kappa shape index (κ1) is 19.5. The summed E-state index contributed by atoms with van der Waals surface area (Å²) in [6.07, 6.45) is -0.924. The first-order valence-electron chi connectivity index (χ1n) is 7.67. The predicted octanol–water partition coefficient (Wildman–Crippen LogP) is 1.51. The van der Waals surface area contributed by atoms with Crippen LogP contribution in [0.2, 0.25) is 10.0 Å². The second-order valence-corrected chi connectivity index (χ2v) is 6.20. The molecule has 1 N–H and O–H groups in total. The summed E-state index contributed by atoms with van der Waals surface area (Å²) in [7, 11) is 0. The number of ether oxygens (including phenoxy) is 2. The number of halogens is 2. The summed E-state index contributed by atoms with van der Waals surface area (Å²) in [6, 6.07) is 4.37. The lowest BCUT2D eigenvalue weighted by molar-refractivity contribution is -0.160. The van der Waals surface area contributed by atoms with Gasteiger partial charge in [-0.1, -0.05) is 23.2 Å². The van der Waals surface area contributed by atoms with Gasteiger partial charge in [0.2, 0.25) is 0 Å². The van der Waals surface area contributed by atoms with Gasteiger partial charge in [-0.3, -0.25) is 14.4 Å². The van der Waals surface area contributed by atoms with Gasteiger partial charge >= 0.3 is 5.97 Å². The molecule has 7 nitrogen and oxygen atoms in total. The number of nitrogens with zero attached hydrogens (tertiary/aromatic N) is 1. The Morgan fingerprint density at radius 3 is 2.56 bits per heavy atom. The Bertz CT molecular complexity index is 662. The van der Waals surface area contributed by atoms with Crippen LogP contribution in [0.15, 0.2) is 18.2 Å². The van der Waals surface area contributed by atoms with E-state index in [1.54, 1.807) is 4.90 Å². The zero-order valence-electron chi connectivity index (χ0n) is 13.6. The van der Waals surface area contributed by atoms with Gasteiger partial charge in [-0.15, -0.1) is 0 Å². The number of benzene rings is 1. The van der Waals surface area contributed by atoms with Crippen LogP contribution in [0.1, 0.15) is 17.3 Å². The van der Waals surface area contributed by atoms with E-state index >= 15 is 0 Å². The van der Waals surface area contributed by atoms with E-state index in [1.807, 2.05) is 0 Å². The Labute approximate surface area is 155 Å². The van der Waals surface area contributed by atoms with Crippen LogP contribution in [0.25, 0.3) is 0 Å². The third-order valence-corrected chi connectivity index (χ3v) is 4.29. The fourth-order valence-electron chi connectivity index (χ4n) is 2.22. The molecule has 0 aromatic heterocycles. The highest BCUT2D eigenvalue weighted by Crippen LogP contribution is 2.22. The second kappa shape index (κ2) is 9.03. The molecular weight excluding hydrogens is 371 g/mol. The molecule has 1 atom stereocenters. The molecule has 1 fully saturated rings. The highest BCUT2D eigenvalue weighted by Gasteiger charge is 2.25. The largest absolute Gasteiger partial charge is 0.451 e. The maximum atomic E-state index is 12.1. The number of carbonyl (C=O) groups is 3. The lowest BCUT2D eigenvalue weighted by Crippen LogP contribution is -2.46. The van der Waals surface area contributed by atoms with E-state index in [2.05, 4.69) is 5.32 Å². The molecule has 0 spiro atoms. The summed E-state index contributed by atoms with van der Waals surface area (Å²) >= 11 is 11.6. The van der Waals surface area contributed by atoms with Crippen molar-refractivity contribution in [2.24, 2.45) is 0 Å². The molecule has 9 heteroatoms. The van der Waals surface area contributed by atoms with Gasteiger partial charge in [0, 0.05) is 18.7 Å². The summed E-state index contributed by atoms with van der Waals surface area (Å²) in [6.45, 7) is 3.00. The Kier molecular flexibility index (Phi) is 7.04. The molecule has 1 saturated heterocycles. The smallest absolute Gasteiger partial charge is 0.326 e. The number of rotatable bonds is 5. The fourth-order valence-corrected chi connectivity index (χ4v) is 2.52. The van der Waals surface area contributed by atoms with Gasteiger partial charge in [-0.2, -0.15) is 0 Å². The maximum absolute atomic E-state index is 12.1. The highest BCUT2D eigenvalue weighted by molar-refractivity contribution is 6.42. The van der Waals surface area contributed by atoms with E-state index in [-0.39, 0.29) is 23.0 Å². The number of nitrogens with one attached hydrogen (secondary N) is 1. The van der Waals surface area contributed by atoms with Gasteiger partial charge in [0.1, 0.15) is 6.54 Å². The lowest BCUT2D eigenvalue weighted by Gasteiger charge is -2.28. The Balaban J connectivity index is 1.80. The number of hydrogen-bond acceptors (Lipinski definition) is 5. The molecule has 1 heterocycles. The predicted molar refractivity (Wildman–Crippen MR) is 91.7 cm³/mol. The number of carbonyl (C=O) groups excluding carboxylic acids is 3. The van der Waals surface area contributed by atoms with Crippen molar-refractivity contribution in [3.63, 3.8) is 0 Å². The minimum atomic E-state index is -0.924. The van der Waals surface area contributed by atoms with Gasteiger partial charge in [-0.05, 0) is 25.1 Å². The highest BCUT2D eigenvalue weighted by atomic mass is 35.5. The first-order chi connectivity index (χ1) is 11.9. The second-order valence-electron chi connectivity index (χ2n) is 5.38. The van der Waals surface area contributed by atoms with Gasteiger partial charge in [0.25, 0.3) is 11.8 Å². The molecule has 2 rings (SSSR count). The molecule has 0 bridgehead atoms. The van der Waals surface area contributed by atoms with E-state index < -0.39 is 18.0 Å². The first-order valence-corrected chi connectivity index (χ1v) is 8.43. The van der Waals surface area contributed by atoms with E-state index in [4.69, 9.17) is 32.7 Å². The SMILES string of the molecule is C[C@@H](OC(=O)CNC(=O)c1ccc(Cl)c(Cl)c1)C(=O)N1CCOCC1. The zero-order valence-corrected chi connectivity index (χ0v) is 15.1. The Morgan fingerprint density at radius 2 is 1.92 bits per heavy atom.